The quantitative estimate of drug-likeness (QED) is 0.795. The molecular weight excluding hydrogens is 268 g/mol. The average Bonchev–Trinajstić information content (AvgIpc) is 2.49. The van der Waals surface area contributed by atoms with Gasteiger partial charge in [0.25, 0.3) is 0 Å². The van der Waals surface area contributed by atoms with Crippen LogP contribution in [0, 0.1) is 12.8 Å². The van der Waals surface area contributed by atoms with Crippen LogP contribution in [0.1, 0.15) is 42.1 Å². The van der Waals surface area contributed by atoms with E-state index in [1.165, 1.54) is 6.07 Å². The predicted octanol–water partition coefficient (Wildman–Crippen LogP) is 2.41. The minimum atomic E-state index is -0.981. The molecule has 1 fully saturated rings. The molecule has 2 unspecified atom stereocenters. The van der Waals surface area contributed by atoms with E-state index in [2.05, 4.69) is 17.6 Å². The van der Waals surface area contributed by atoms with Crippen molar-refractivity contribution in [2.45, 2.75) is 39.2 Å². The van der Waals surface area contributed by atoms with Gasteiger partial charge in [-0.2, -0.15) is 0 Å². The Morgan fingerprint density at radius 3 is 2.86 bits per heavy atom. The highest BCUT2D eigenvalue weighted by atomic mass is 16.4. The Morgan fingerprint density at radius 2 is 2.19 bits per heavy atom. The van der Waals surface area contributed by atoms with Crippen molar-refractivity contribution < 1.29 is 14.7 Å². The fourth-order valence-electron chi connectivity index (χ4n) is 2.73. The zero-order valence-electron chi connectivity index (χ0n) is 12.5. The average molecular weight is 290 g/mol. The second kappa shape index (κ2) is 6.72. The molecule has 0 spiro atoms. The summed E-state index contributed by atoms with van der Waals surface area (Å²) < 4.78 is 0. The van der Waals surface area contributed by atoms with E-state index in [9.17, 15) is 9.59 Å². The maximum Gasteiger partial charge on any atom is 0.336 e. The molecule has 5 nitrogen and oxygen atoms in total. The first kappa shape index (κ1) is 15.5. The Bertz CT molecular complexity index is 542. The van der Waals surface area contributed by atoms with Gasteiger partial charge in [0.1, 0.15) is 0 Å². The number of aromatic carboxylic acids is 1. The second-order valence-electron chi connectivity index (χ2n) is 5.63. The highest BCUT2D eigenvalue weighted by Gasteiger charge is 2.26. The number of benzene rings is 1. The number of carbonyl (C=O) groups excluding carboxylic acids is 1. The van der Waals surface area contributed by atoms with Crippen LogP contribution in [0.25, 0.3) is 0 Å². The second-order valence-corrected chi connectivity index (χ2v) is 5.63. The molecule has 1 aliphatic heterocycles. The molecule has 1 aromatic carbocycles. The van der Waals surface area contributed by atoms with Crippen molar-refractivity contribution in [1.29, 1.82) is 0 Å². The highest BCUT2D eigenvalue weighted by Crippen LogP contribution is 2.21. The van der Waals surface area contributed by atoms with Crippen molar-refractivity contribution in [3.63, 3.8) is 0 Å². The number of piperidine rings is 1. The lowest BCUT2D eigenvalue weighted by Crippen LogP contribution is -2.46. The minimum absolute atomic E-state index is 0.0895. The lowest BCUT2D eigenvalue weighted by atomic mass is 9.90. The first-order chi connectivity index (χ1) is 10.0. The van der Waals surface area contributed by atoms with Crippen molar-refractivity contribution >= 4 is 17.6 Å². The van der Waals surface area contributed by atoms with Crippen molar-refractivity contribution in [3.8, 4) is 0 Å². The Morgan fingerprint density at radius 1 is 1.43 bits per heavy atom. The van der Waals surface area contributed by atoms with E-state index in [0.29, 0.717) is 17.2 Å². The van der Waals surface area contributed by atoms with Crippen molar-refractivity contribution in [2.24, 2.45) is 5.92 Å². The van der Waals surface area contributed by atoms with E-state index in [4.69, 9.17) is 5.11 Å². The van der Waals surface area contributed by atoms with E-state index in [1.54, 1.807) is 19.1 Å². The third kappa shape index (κ3) is 3.82. The van der Waals surface area contributed by atoms with E-state index < -0.39 is 5.97 Å². The Hall–Kier alpha value is -1.88. The minimum Gasteiger partial charge on any atom is -0.478 e. The van der Waals surface area contributed by atoms with Crippen LogP contribution in [0.15, 0.2) is 18.2 Å². The molecule has 21 heavy (non-hydrogen) atoms. The Kier molecular flexibility index (Phi) is 4.96. The third-order valence-corrected chi connectivity index (χ3v) is 4.14. The molecule has 0 aliphatic carbocycles. The monoisotopic (exact) mass is 290 g/mol. The van der Waals surface area contributed by atoms with Crippen LogP contribution in [0.2, 0.25) is 0 Å². The van der Waals surface area contributed by atoms with Crippen molar-refractivity contribution in [2.75, 3.05) is 11.9 Å². The summed E-state index contributed by atoms with van der Waals surface area (Å²) in [5, 5.41) is 15.2. The first-order valence-electron chi connectivity index (χ1n) is 7.39. The number of hydrogen-bond acceptors (Lipinski definition) is 3. The number of carboxylic acids is 1. The molecule has 0 aromatic heterocycles. The van der Waals surface area contributed by atoms with Crippen molar-refractivity contribution in [1.82, 2.24) is 5.32 Å². The Balaban J connectivity index is 2.05. The van der Waals surface area contributed by atoms with Gasteiger partial charge in [0.15, 0.2) is 0 Å². The molecule has 0 radical (unpaired) electrons. The lowest BCUT2D eigenvalue weighted by molar-refractivity contribution is -0.119. The summed E-state index contributed by atoms with van der Waals surface area (Å²) >= 11 is 0. The van der Waals surface area contributed by atoms with Gasteiger partial charge >= 0.3 is 5.97 Å². The molecule has 1 aliphatic rings. The van der Waals surface area contributed by atoms with Gasteiger partial charge in [-0.05, 0) is 49.9 Å². The third-order valence-electron chi connectivity index (χ3n) is 4.14. The molecular formula is C16H22N2O3. The number of hydrogen-bond donors (Lipinski definition) is 3. The predicted molar refractivity (Wildman–Crippen MR) is 81.6 cm³/mol. The fourth-order valence-corrected chi connectivity index (χ4v) is 2.73. The van der Waals surface area contributed by atoms with Crippen LogP contribution in [0.3, 0.4) is 0 Å². The van der Waals surface area contributed by atoms with Crippen LogP contribution < -0.4 is 10.6 Å². The van der Waals surface area contributed by atoms with Gasteiger partial charge in [0, 0.05) is 5.69 Å². The van der Waals surface area contributed by atoms with Gasteiger partial charge in [-0.1, -0.05) is 19.4 Å². The fraction of sp³-hybridized carbons (Fsp3) is 0.500. The normalized spacial score (nSPS) is 21.8. The van der Waals surface area contributed by atoms with Crippen LogP contribution >= 0.6 is 0 Å². The molecule has 1 aromatic rings. The van der Waals surface area contributed by atoms with Gasteiger partial charge < -0.3 is 15.7 Å². The lowest BCUT2D eigenvalue weighted by Gasteiger charge is -2.28. The van der Waals surface area contributed by atoms with Crippen LogP contribution in [-0.4, -0.2) is 29.6 Å². The molecule has 0 saturated carbocycles. The van der Waals surface area contributed by atoms with Gasteiger partial charge in [0.05, 0.1) is 11.6 Å². The molecule has 3 N–H and O–H groups in total. The maximum absolute atomic E-state index is 12.3. The zero-order valence-corrected chi connectivity index (χ0v) is 12.5. The summed E-state index contributed by atoms with van der Waals surface area (Å²) in [6, 6.07) is 4.76. The van der Waals surface area contributed by atoms with E-state index in [-0.39, 0.29) is 17.5 Å². The molecule has 114 valence electrons. The number of amides is 1. The molecule has 1 amide bonds. The molecule has 5 heteroatoms. The summed E-state index contributed by atoms with van der Waals surface area (Å²) in [5.41, 5.74) is 1.43. The summed E-state index contributed by atoms with van der Waals surface area (Å²) in [4.78, 5) is 23.4. The van der Waals surface area contributed by atoms with E-state index in [1.807, 2.05) is 0 Å². The zero-order chi connectivity index (χ0) is 15.4. The number of carboxylic acid groups (broad SMARTS) is 1. The summed E-state index contributed by atoms with van der Waals surface area (Å²) in [6.07, 6.45) is 3.02. The van der Waals surface area contributed by atoms with Crippen LogP contribution in [-0.2, 0) is 4.79 Å². The summed E-state index contributed by atoms with van der Waals surface area (Å²) in [5.74, 6) is -0.492. The standard InChI is InChI=1S/C16H22N2O3/c1-3-11-6-7-17-14(8-11)15(19)18-12-5-4-10(2)13(9-12)16(20)21/h4-5,9,11,14,17H,3,6-8H2,1-2H3,(H,18,19)(H,20,21). The molecule has 0 bridgehead atoms. The smallest absolute Gasteiger partial charge is 0.336 e. The number of aryl methyl sites for hydroxylation is 1. The number of anilines is 1. The highest BCUT2D eigenvalue weighted by molar-refractivity contribution is 5.97. The SMILES string of the molecule is CCC1CCNC(C(=O)Nc2ccc(C)c(C(=O)O)c2)C1. The van der Waals surface area contributed by atoms with Gasteiger partial charge in [-0.3, -0.25) is 4.79 Å². The summed E-state index contributed by atoms with van der Waals surface area (Å²) in [6.45, 7) is 4.73. The van der Waals surface area contributed by atoms with Gasteiger partial charge in [-0.15, -0.1) is 0 Å². The molecule has 2 rings (SSSR count). The van der Waals surface area contributed by atoms with Crippen molar-refractivity contribution in [3.05, 3.63) is 29.3 Å². The van der Waals surface area contributed by atoms with E-state index >= 15 is 0 Å². The number of nitrogens with one attached hydrogen (secondary N) is 2. The van der Waals surface area contributed by atoms with Gasteiger partial charge in [-0.25, -0.2) is 4.79 Å². The topological polar surface area (TPSA) is 78.4 Å². The maximum atomic E-state index is 12.3. The van der Waals surface area contributed by atoms with E-state index in [0.717, 1.165) is 25.8 Å². The van der Waals surface area contributed by atoms with Crippen LogP contribution in [0.4, 0.5) is 5.69 Å². The molecule has 1 heterocycles. The summed E-state index contributed by atoms with van der Waals surface area (Å²) in [7, 11) is 0. The van der Waals surface area contributed by atoms with Crippen LogP contribution in [0.5, 0.6) is 0 Å². The largest absolute Gasteiger partial charge is 0.478 e. The number of carbonyl (C=O) groups is 2. The van der Waals surface area contributed by atoms with Gasteiger partial charge in [0.2, 0.25) is 5.91 Å². The first-order valence-corrected chi connectivity index (χ1v) is 7.39. The number of rotatable bonds is 4. The molecule has 2 atom stereocenters. The molecule has 1 saturated heterocycles. The Labute approximate surface area is 124 Å².